The van der Waals surface area contributed by atoms with Crippen molar-refractivity contribution in [1.29, 1.82) is 0 Å². The van der Waals surface area contributed by atoms with E-state index in [0.717, 1.165) is 24.4 Å². The molecule has 0 unspecified atom stereocenters. The molecule has 0 atom stereocenters. The summed E-state index contributed by atoms with van der Waals surface area (Å²) in [4.78, 5) is 19.2. The topological polar surface area (TPSA) is 23.6 Å². The van der Waals surface area contributed by atoms with Crippen molar-refractivity contribution >= 4 is 17.2 Å². The Kier molecular flexibility index (Phi) is 6.37. The summed E-state index contributed by atoms with van der Waals surface area (Å²) < 4.78 is 0. The second kappa shape index (κ2) is 8.27. The molecule has 0 saturated carbocycles. The summed E-state index contributed by atoms with van der Waals surface area (Å²) in [7, 11) is 4.07. The minimum Gasteiger partial charge on any atom is -0.332 e. The Balaban J connectivity index is 2.18. The number of carbonyl (C=O) groups excluding carboxylic acids is 1. The third-order valence-electron chi connectivity index (χ3n) is 3.87. The molecule has 0 spiro atoms. The number of hydrogen-bond donors (Lipinski definition) is 0. The Morgan fingerprint density at radius 1 is 1.13 bits per heavy atom. The van der Waals surface area contributed by atoms with E-state index in [1.807, 2.05) is 43.3 Å². The molecule has 0 bridgehead atoms. The first-order chi connectivity index (χ1) is 11.0. The van der Waals surface area contributed by atoms with Gasteiger partial charge in [-0.15, -0.1) is 11.3 Å². The van der Waals surface area contributed by atoms with Crippen LogP contribution in [0.2, 0.25) is 0 Å². The Morgan fingerprint density at radius 3 is 2.39 bits per heavy atom. The lowest BCUT2D eigenvalue weighted by Crippen LogP contribution is -2.35. The van der Waals surface area contributed by atoms with Crippen molar-refractivity contribution < 1.29 is 4.79 Å². The number of hydrogen-bond acceptors (Lipinski definition) is 3. The molecule has 1 aromatic carbocycles. The molecular formula is C19H26N2OS. The first kappa shape index (κ1) is 17.7. The number of rotatable bonds is 7. The summed E-state index contributed by atoms with van der Waals surface area (Å²) in [6.45, 7) is 6.49. The van der Waals surface area contributed by atoms with E-state index >= 15 is 0 Å². The second-order valence-electron chi connectivity index (χ2n) is 6.09. The smallest absolute Gasteiger partial charge is 0.264 e. The largest absolute Gasteiger partial charge is 0.332 e. The second-order valence-corrected chi connectivity index (χ2v) is 7.22. The molecule has 1 heterocycles. The van der Waals surface area contributed by atoms with Gasteiger partial charge in [-0.3, -0.25) is 4.79 Å². The van der Waals surface area contributed by atoms with Crippen molar-refractivity contribution in [2.24, 2.45) is 0 Å². The fourth-order valence-electron chi connectivity index (χ4n) is 2.51. The summed E-state index contributed by atoms with van der Waals surface area (Å²) >= 11 is 1.64. The molecule has 0 saturated heterocycles. The number of thiophene rings is 1. The normalized spacial score (nSPS) is 11.0. The van der Waals surface area contributed by atoms with Crippen LogP contribution >= 0.6 is 11.3 Å². The number of likely N-dealkylation sites (N-methyl/N-ethyl adjacent to an activating group) is 1. The molecule has 3 nitrogen and oxygen atoms in total. The highest BCUT2D eigenvalue weighted by Crippen LogP contribution is 2.24. The maximum absolute atomic E-state index is 13.0. The molecular weight excluding hydrogens is 304 g/mol. The SMILES string of the molecule is CCc1sc(C(=O)N(CCN(C)C)Cc2ccccc2)cc1C. The van der Waals surface area contributed by atoms with Crippen molar-refractivity contribution in [2.45, 2.75) is 26.8 Å². The highest BCUT2D eigenvalue weighted by Gasteiger charge is 2.19. The van der Waals surface area contributed by atoms with E-state index in [9.17, 15) is 4.79 Å². The van der Waals surface area contributed by atoms with Gasteiger partial charge in [0.2, 0.25) is 0 Å². The molecule has 0 aliphatic rings. The van der Waals surface area contributed by atoms with Crippen LogP contribution in [-0.4, -0.2) is 42.9 Å². The van der Waals surface area contributed by atoms with E-state index < -0.39 is 0 Å². The van der Waals surface area contributed by atoms with Gasteiger partial charge in [0, 0.05) is 24.5 Å². The first-order valence-corrected chi connectivity index (χ1v) is 8.90. The van der Waals surface area contributed by atoms with E-state index in [4.69, 9.17) is 0 Å². The van der Waals surface area contributed by atoms with Gasteiger partial charge in [0.25, 0.3) is 5.91 Å². The summed E-state index contributed by atoms with van der Waals surface area (Å²) in [5.74, 6) is 0.142. The van der Waals surface area contributed by atoms with E-state index in [1.54, 1.807) is 11.3 Å². The lowest BCUT2D eigenvalue weighted by atomic mass is 10.2. The quantitative estimate of drug-likeness (QED) is 0.770. The number of amides is 1. The van der Waals surface area contributed by atoms with Crippen molar-refractivity contribution in [3.63, 3.8) is 0 Å². The standard InChI is InChI=1S/C19H26N2OS/c1-5-17-15(2)13-18(23-17)19(22)21(12-11-20(3)4)14-16-9-7-6-8-10-16/h6-10,13H,5,11-12,14H2,1-4H3. The molecule has 0 aliphatic carbocycles. The molecule has 0 aliphatic heterocycles. The van der Waals surface area contributed by atoms with Crippen LogP contribution in [0, 0.1) is 6.92 Å². The average Bonchev–Trinajstić information content (AvgIpc) is 2.92. The zero-order valence-electron chi connectivity index (χ0n) is 14.5. The summed E-state index contributed by atoms with van der Waals surface area (Å²) in [6, 6.07) is 12.2. The summed E-state index contributed by atoms with van der Waals surface area (Å²) in [6.07, 6.45) is 0.986. The molecule has 0 fully saturated rings. The lowest BCUT2D eigenvalue weighted by molar-refractivity contribution is 0.0737. The van der Waals surface area contributed by atoms with Crippen LogP contribution in [-0.2, 0) is 13.0 Å². The van der Waals surface area contributed by atoms with Gasteiger partial charge in [-0.1, -0.05) is 37.3 Å². The van der Waals surface area contributed by atoms with Gasteiger partial charge in [-0.05, 0) is 44.6 Å². The lowest BCUT2D eigenvalue weighted by Gasteiger charge is -2.24. The highest BCUT2D eigenvalue weighted by atomic mass is 32.1. The number of benzene rings is 1. The van der Waals surface area contributed by atoms with Crippen molar-refractivity contribution in [1.82, 2.24) is 9.80 Å². The highest BCUT2D eigenvalue weighted by molar-refractivity contribution is 7.14. The molecule has 1 amide bonds. The molecule has 0 N–H and O–H groups in total. The predicted octanol–water partition coefficient (Wildman–Crippen LogP) is 3.82. The van der Waals surface area contributed by atoms with Gasteiger partial charge in [-0.2, -0.15) is 0 Å². The maximum atomic E-state index is 13.0. The number of aryl methyl sites for hydroxylation is 2. The third-order valence-corrected chi connectivity index (χ3v) is 5.24. The van der Waals surface area contributed by atoms with Crippen LogP contribution in [0.3, 0.4) is 0 Å². The monoisotopic (exact) mass is 330 g/mol. The first-order valence-electron chi connectivity index (χ1n) is 8.08. The Morgan fingerprint density at radius 2 is 1.83 bits per heavy atom. The Bertz CT molecular complexity index is 634. The average molecular weight is 330 g/mol. The van der Waals surface area contributed by atoms with E-state index in [-0.39, 0.29) is 5.91 Å². The van der Waals surface area contributed by atoms with Crippen LogP contribution in [0.25, 0.3) is 0 Å². The van der Waals surface area contributed by atoms with E-state index in [1.165, 1.54) is 16.0 Å². The Hall–Kier alpha value is -1.65. The van der Waals surface area contributed by atoms with Crippen LogP contribution in [0.5, 0.6) is 0 Å². The molecule has 124 valence electrons. The van der Waals surface area contributed by atoms with Crippen LogP contribution < -0.4 is 0 Å². The van der Waals surface area contributed by atoms with Gasteiger partial charge >= 0.3 is 0 Å². The minimum absolute atomic E-state index is 0.142. The molecule has 4 heteroatoms. The number of carbonyl (C=O) groups is 1. The van der Waals surface area contributed by atoms with E-state index in [2.05, 4.69) is 30.9 Å². The van der Waals surface area contributed by atoms with Crippen molar-refractivity contribution in [3.8, 4) is 0 Å². The minimum atomic E-state index is 0.142. The molecule has 1 aromatic heterocycles. The van der Waals surface area contributed by atoms with Crippen LogP contribution in [0.1, 0.15) is 32.6 Å². The van der Waals surface area contributed by atoms with Gasteiger partial charge < -0.3 is 9.80 Å². The van der Waals surface area contributed by atoms with E-state index in [0.29, 0.717) is 6.54 Å². The van der Waals surface area contributed by atoms with Gasteiger partial charge in [-0.25, -0.2) is 0 Å². The fraction of sp³-hybridized carbons (Fsp3) is 0.421. The van der Waals surface area contributed by atoms with Crippen LogP contribution in [0.4, 0.5) is 0 Å². The zero-order chi connectivity index (χ0) is 16.8. The maximum Gasteiger partial charge on any atom is 0.264 e. The summed E-state index contributed by atoms with van der Waals surface area (Å²) in [5, 5.41) is 0. The van der Waals surface area contributed by atoms with Crippen molar-refractivity contribution in [3.05, 3.63) is 57.3 Å². The third kappa shape index (κ3) is 4.91. The molecule has 2 rings (SSSR count). The molecule has 0 radical (unpaired) electrons. The summed E-state index contributed by atoms with van der Waals surface area (Å²) in [5.41, 5.74) is 2.40. The van der Waals surface area contributed by atoms with Crippen molar-refractivity contribution in [2.75, 3.05) is 27.2 Å². The molecule has 23 heavy (non-hydrogen) atoms. The van der Waals surface area contributed by atoms with Gasteiger partial charge in [0.15, 0.2) is 0 Å². The van der Waals surface area contributed by atoms with Gasteiger partial charge in [0.1, 0.15) is 0 Å². The zero-order valence-corrected chi connectivity index (χ0v) is 15.3. The van der Waals surface area contributed by atoms with Crippen LogP contribution in [0.15, 0.2) is 36.4 Å². The Labute approximate surface area is 143 Å². The molecule has 2 aromatic rings. The fourth-order valence-corrected chi connectivity index (χ4v) is 3.59. The van der Waals surface area contributed by atoms with Gasteiger partial charge in [0.05, 0.1) is 4.88 Å². The number of nitrogens with zero attached hydrogens (tertiary/aromatic N) is 2. The predicted molar refractivity (Wildman–Crippen MR) is 98.2 cm³/mol.